The monoisotopic (exact) mass is 344 g/mol. The number of hydrogen-bond acceptors (Lipinski definition) is 2. The summed E-state index contributed by atoms with van der Waals surface area (Å²) in [6, 6.07) is 14.3. The molecule has 2 heterocycles. The predicted octanol–water partition coefficient (Wildman–Crippen LogP) is 4.58. The quantitative estimate of drug-likeness (QED) is 0.765. The molecule has 23 heavy (non-hydrogen) atoms. The molecule has 0 radical (unpaired) electrons. The van der Waals surface area contributed by atoms with Gasteiger partial charge in [0, 0.05) is 17.7 Å². The van der Waals surface area contributed by atoms with Crippen molar-refractivity contribution in [1.82, 2.24) is 5.32 Å². The first kappa shape index (κ1) is 14.8. The predicted molar refractivity (Wildman–Crippen MR) is 97.2 cm³/mol. The molecule has 2 bridgehead atoms. The van der Waals surface area contributed by atoms with Crippen LogP contribution >= 0.6 is 23.8 Å². The Labute approximate surface area is 146 Å². The van der Waals surface area contributed by atoms with Crippen LogP contribution in [0.3, 0.4) is 0 Å². The van der Waals surface area contributed by atoms with Gasteiger partial charge in [-0.05, 0) is 44.3 Å². The standard InChI is InChI=1S/C18H17ClN2OS/c1-11-6-8-12(9-7-11)21-17(23)20-15-10-18(21,2)22-16-13(15)4-3-5-14(16)19/h3-9,15H,10H2,1-2H3,(H,20,23)/t15-,18-/m0/s1. The molecule has 0 spiro atoms. The van der Waals surface area contributed by atoms with Gasteiger partial charge in [-0.3, -0.25) is 4.90 Å². The molecule has 1 saturated heterocycles. The van der Waals surface area contributed by atoms with Gasteiger partial charge < -0.3 is 10.1 Å². The molecule has 2 aliphatic heterocycles. The van der Waals surface area contributed by atoms with Crippen molar-refractivity contribution in [3.05, 3.63) is 58.6 Å². The van der Waals surface area contributed by atoms with Gasteiger partial charge in [0.15, 0.2) is 10.8 Å². The zero-order valence-electron chi connectivity index (χ0n) is 13.0. The maximum Gasteiger partial charge on any atom is 0.188 e. The number of rotatable bonds is 1. The Morgan fingerprint density at radius 2 is 2.00 bits per heavy atom. The van der Waals surface area contributed by atoms with Crippen LogP contribution in [0.4, 0.5) is 5.69 Å². The minimum Gasteiger partial charge on any atom is -0.466 e. The second kappa shape index (κ2) is 5.11. The van der Waals surface area contributed by atoms with E-state index in [2.05, 4.69) is 43.4 Å². The van der Waals surface area contributed by atoms with E-state index in [9.17, 15) is 0 Å². The molecule has 0 unspecified atom stereocenters. The Morgan fingerprint density at radius 3 is 2.74 bits per heavy atom. The summed E-state index contributed by atoms with van der Waals surface area (Å²) in [6.07, 6.45) is 0.800. The van der Waals surface area contributed by atoms with E-state index in [1.807, 2.05) is 23.1 Å². The molecule has 4 rings (SSSR count). The van der Waals surface area contributed by atoms with E-state index in [1.54, 1.807) is 0 Å². The highest BCUT2D eigenvalue weighted by molar-refractivity contribution is 7.80. The number of thiocarbonyl (C=S) groups is 1. The van der Waals surface area contributed by atoms with Crippen LogP contribution in [0.1, 0.15) is 30.5 Å². The van der Waals surface area contributed by atoms with Crippen molar-refractivity contribution in [2.45, 2.75) is 32.0 Å². The fraction of sp³-hybridized carbons (Fsp3) is 0.278. The Balaban J connectivity index is 1.82. The van der Waals surface area contributed by atoms with Crippen LogP contribution in [0, 0.1) is 6.92 Å². The zero-order chi connectivity index (χ0) is 16.2. The van der Waals surface area contributed by atoms with Gasteiger partial charge in [0.1, 0.15) is 5.75 Å². The highest BCUT2D eigenvalue weighted by Crippen LogP contribution is 2.47. The smallest absolute Gasteiger partial charge is 0.188 e. The lowest BCUT2D eigenvalue weighted by Gasteiger charge is -2.52. The van der Waals surface area contributed by atoms with Crippen molar-refractivity contribution in [2.75, 3.05) is 4.90 Å². The summed E-state index contributed by atoms with van der Waals surface area (Å²) >= 11 is 12.0. The molecule has 118 valence electrons. The number of halogens is 1. The summed E-state index contributed by atoms with van der Waals surface area (Å²) in [5, 5.41) is 4.75. The topological polar surface area (TPSA) is 24.5 Å². The van der Waals surface area contributed by atoms with E-state index in [0.29, 0.717) is 10.1 Å². The third kappa shape index (κ3) is 2.28. The lowest BCUT2D eigenvalue weighted by molar-refractivity contribution is 0.0499. The number of fused-ring (bicyclic) bond motifs is 4. The molecular formula is C18H17ClN2OS. The number of benzene rings is 2. The molecule has 0 amide bonds. The summed E-state index contributed by atoms with van der Waals surface area (Å²) in [5.74, 6) is 0.750. The minimum absolute atomic E-state index is 0.122. The van der Waals surface area contributed by atoms with Crippen LogP contribution in [0.15, 0.2) is 42.5 Å². The van der Waals surface area contributed by atoms with Crippen LogP contribution in [0.5, 0.6) is 5.75 Å². The first-order valence-electron chi connectivity index (χ1n) is 7.63. The van der Waals surface area contributed by atoms with Gasteiger partial charge in [0.2, 0.25) is 0 Å². The Bertz CT molecular complexity index is 792. The summed E-state index contributed by atoms with van der Waals surface area (Å²) in [5.41, 5.74) is 2.75. The van der Waals surface area contributed by atoms with Crippen LogP contribution in [-0.2, 0) is 0 Å². The molecule has 1 fully saturated rings. The largest absolute Gasteiger partial charge is 0.466 e. The highest BCUT2D eigenvalue weighted by atomic mass is 35.5. The van der Waals surface area contributed by atoms with Gasteiger partial charge in [0.25, 0.3) is 0 Å². The number of para-hydroxylation sites is 1. The van der Waals surface area contributed by atoms with Gasteiger partial charge in [-0.15, -0.1) is 0 Å². The molecule has 2 aromatic rings. The van der Waals surface area contributed by atoms with Gasteiger partial charge in [-0.1, -0.05) is 41.4 Å². The number of nitrogens with zero attached hydrogens (tertiary/aromatic N) is 1. The number of ether oxygens (including phenoxy) is 1. The zero-order valence-corrected chi connectivity index (χ0v) is 14.5. The second-order valence-corrected chi connectivity index (χ2v) is 7.11. The van der Waals surface area contributed by atoms with E-state index in [-0.39, 0.29) is 6.04 Å². The van der Waals surface area contributed by atoms with Crippen molar-refractivity contribution >= 4 is 34.6 Å². The fourth-order valence-electron chi connectivity index (χ4n) is 3.44. The average Bonchev–Trinajstić information content (AvgIpc) is 2.50. The van der Waals surface area contributed by atoms with Gasteiger partial charge in [-0.25, -0.2) is 0 Å². The third-order valence-corrected chi connectivity index (χ3v) is 5.14. The number of aryl methyl sites for hydroxylation is 1. The van der Waals surface area contributed by atoms with Crippen molar-refractivity contribution in [3.8, 4) is 5.75 Å². The Kier molecular flexibility index (Phi) is 3.29. The van der Waals surface area contributed by atoms with Crippen molar-refractivity contribution < 1.29 is 4.74 Å². The number of nitrogens with one attached hydrogen (secondary N) is 1. The maximum absolute atomic E-state index is 6.36. The summed E-state index contributed by atoms with van der Waals surface area (Å²) in [4.78, 5) is 2.05. The Morgan fingerprint density at radius 1 is 1.26 bits per heavy atom. The first-order valence-corrected chi connectivity index (χ1v) is 8.41. The molecule has 0 saturated carbocycles. The maximum atomic E-state index is 6.36. The second-order valence-electron chi connectivity index (χ2n) is 6.31. The van der Waals surface area contributed by atoms with Crippen molar-refractivity contribution in [3.63, 3.8) is 0 Å². The molecule has 0 aromatic heterocycles. The van der Waals surface area contributed by atoms with E-state index in [4.69, 9.17) is 28.6 Å². The molecule has 0 aliphatic carbocycles. The van der Waals surface area contributed by atoms with E-state index >= 15 is 0 Å². The summed E-state index contributed by atoms with van der Waals surface area (Å²) in [7, 11) is 0. The SMILES string of the molecule is Cc1ccc(N2C(=S)N[C@H]3C[C@]2(C)Oc2c(Cl)cccc23)cc1. The van der Waals surface area contributed by atoms with Gasteiger partial charge >= 0.3 is 0 Å². The van der Waals surface area contributed by atoms with E-state index < -0.39 is 5.72 Å². The lowest BCUT2D eigenvalue weighted by Crippen LogP contribution is -2.65. The first-order chi connectivity index (χ1) is 11.0. The molecule has 3 nitrogen and oxygen atoms in total. The molecule has 2 aliphatic rings. The minimum atomic E-state index is -0.555. The van der Waals surface area contributed by atoms with Crippen LogP contribution in [-0.4, -0.2) is 10.8 Å². The molecule has 5 heteroatoms. The molecule has 2 aromatic carbocycles. The van der Waals surface area contributed by atoms with Gasteiger partial charge in [-0.2, -0.15) is 0 Å². The van der Waals surface area contributed by atoms with Crippen LogP contribution in [0.25, 0.3) is 0 Å². The average molecular weight is 345 g/mol. The third-order valence-electron chi connectivity index (χ3n) is 4.54. The van der Waals surface area contributed by atoms with E-state index in [1.165, 1.54) is 5.56 Å². The normalized spacial score (nSPS) is 25.4. The van der Waals surface area contributed by atoms with Gasteiger partial charge in [0.05, 0.1) is 11.1 Å². The fourth-order valence-corrected chi connectivity index (χ4v) is 4.10. The molecular weight excluding hydrogens is 328 g/mol. The summed E-state index contributed by atoms with van der Waals surface area (Å²) in [6.45, 7) is 4.14. The van der Waals surface area contributed by atoms with Crippen LogP contribution in [0.2, 0.25) is 5.02 Å². The molecule has 2 atom stereocenters. The summed E-state index contributed by atoms with van der Waals surface area (Å²) < 4.78 is 6.36. The van der Waals surface area contributed by atoms with E-state index in [0.717, 1.165) is 23.4 Å². The number of hydrogen-bond donors (Lipinski definition) is 1. The highest BCUT2D eigenvalue weighted by Gasteiger charge is 2.48. The van der Waals surface area contributed by atoms with Crippen LogP contribution < -0.4 is 15.0 Å². The lowest BCUT2D eigenvalue weighted by atomic mass is 9.90. The van der Waals surface area contributed by atoms with Crippen molar-refractivity contribution in [1.29, 1.82) is 0 Å². The van der Waals surface area contributed by atoms with Crippen molar-refractivity contribution in [2.24, 2.45) is 0 Å². The Hall–Kier alpha value is -1.78. The number of anilines is 1. The molecule has 1 N–H and O–H groups in total.